The average Bonchev–Trinajstić information content (AvgIpc) is 2.87. The van der Waals surface area contributed by atoms with Crippen molar-refractivity contribution in [3.05, 3.63) is 75.1 Å². The molecule has 1 atom stereocenters. The van der Waals surface area contributed by atoms with Gasteiger partial charge >= 0.3 is 11.9 Å². The lowest BCUT2D eigenvalue weighted by Gasteiger charge is -2.31. The number of esters is 2. The zero-order valence-corrected chi connectivity index (χ0v) is 20.5. The SMILES string of the molecule is C=CCOCCOC(=O)C1=C(C)NC(CO)=C(C(=O)OCCOCCC)C1c1cccc([N+](=O)[O-])c1. The van der Waals surface area contributed by atoms with Crippen LogP contribution in [0.5, 0.6) is 0 Å². The highest BCUT2D eigenvalue weighted by molar-refractivity contribution is 6.00. The van der Waals surface area contributed by atoms with Crippen LogP contribution in [0.15, 0.2) is 59.5 Å². The fourth-order valence-electron chi connectivity index (χ4n) is 3.64. The zero-order chi connectivity index (χ0) is 26.5. The maximum Gasteiger partial charge on any atom is 0.336 e. The molecule has 0 bridgehead atoms. The smallest absolute Gasteiger partial charge is 0.336 e. The van der Waals surface area contributed by atoms with Crippen LogP contribution >= 0.6 is 0 Å². The van der Waals surface area contributed by atoms with Gasteiger partial charge in [0.05, 0.1) is 54.1 Å². The molecule has 0 fully saturated rings. The molecule has 1 aliphatic rings. The molecule has 0 radical (unpaired) electrons. The summed E-state index contributed by atoms with van der Waals surface area (Å²) in [6.07, 6.45) is 2.37. The minimum absolute atomic E-state index is 0.0473. The maximum absolute atomic E-state index is 13.2. The predicted octanol–water partition coefficient (Wildman–Crippen LogP) is 2.52. The standard InChI is InChI=1S/C25H32N2O9/c1-4-9-33-11-13-35-24(29)21-17(3)26-20(16-28)23(25(30)36-14-12-34-10-5-2)22(21)18-7-6-8-19(15-18)27(31)32/h4,6-8,15,22,26,28H,1,5,9-14,16H2,2-3H3. The van der Waals surface area contributed by atoms with Crippen molar-refractivity contribution in [3.8, 4) is 0 Å². The van der Waals surface area contributed by atoms with Crippen molar-refractivity contribution in [2.45, 2.75) is 26.2 Å². The van der Waals surface area contributed by atoms with Crippen molar-refractivity contribution in [3.63, 3.8) is 0 Å². The summed E-state index contributed by atoms with van der Waals surface area (Å²) in [5.74, 6) is -2.62. The molecule has 1 aliphatic heterocycles. The number of carbonyl (C=O) groups is 2. The molecule has 0 saturated carbocycles. The summed E-state index contributed by atoms with van der Waals surface area (Å²) in [4.78, 5) is 37.2. The maximum atomic E-state index is 13.2. The molecule has 0 aromatic heterocycles. The van der Waals surface area contributed by atoms with E-state index < -0.39 is 29.4 Å². The molecule has 0 amide bonds. The summed E-state index contributed by atoms with van der Waals surface area (Å²) < 4.78 is 21.3. The number of nitro benzene ring substituents is 1. The van der Waals surface area contributed by atoms with E-state index in [1.165, 1.54) is 18.2 Å². The van der Waals surface area contributed by atoms with Gasteiger partial charge in [0, 0.05) is 24.4 Å². The molecule has 11 heteroatoms. The molecule has 0 saturated heterocycles. The Kier molecular flexibility index (Phi) is 11.8. The number of hydrogen-bond acceptors (Lipinski definition) is 10. The van der Waals surface area contributed by atoms with Crippen LogP contribution in [0.25, 0.3) is 0 Å². The van der Waals surface area contributed by atoms with Gasteiger partial charge < -0.3 is 29.4 Å². The van der Waals surface area contributed by atoms with Gasteiger partial charge in [-0.1, -0.05) is 25.1 Å². The first-order valence-electron chi connectivity index (χ1n) is 11.5. The van der Waals surface area contributed by atoms with Gasteiger partial charge in [0.1, 0.15) is 13.2 Å². The van der Waals surface area contributed by atoms with E-state index in [1.807, 2.05) is 6.92 Å². The van der Waals surface area contributed by atoms with E-state index in [1.54, 1.807) is 19.1 Å². The van der Waals surface area contributed by atoms with E-state index >= 15 is 0 Å². The summed E-state index contributed by atoms with van der Waals surface area (Å²) in [5, 5.41) is 24.3. The van der Waals surface area contributed by atoms with E-state index in [0.29, 0.717) is 17.9 Å². The van der Waals surface area contributed by atoms with Gasteiger partial charge in [-0.25, -0.2) is 9.59 Å². The van der Waals surface area contributed by atoms with E-state index in [4.69, 9.17) is 18.9 Å². The lowest BCUT2D eigenvalue weighted by atomic mass is 9.80. The lowest BCUT2D eigenvalue weighted by Crippen LogP contribution is -2.35. The van der Waals surface area contributed by atoms with Gasteiger partial charge in [0.15, 0.2) is 0 Å². The fraction of sp³-hybridized carbons (Fsp3) is 0.440. The second-order valence-electron chi connectivity index (χ2n) is 7.75. The number of hydrogen-bond donors (Lipinski definition) is 2. The number of rotatable bonds is 15. The molecule has 1 aromatic carbocycles. The summed E-state index contributed by atoms with van der Waals surface area (Å²) in [6.45, 7) is 7.51. The summed E-state index contributed by atoms with van der Waals surface area (Å²) in [6, 6.07) is 5.59. The Morgan fingerprint density at radius 2 is 1.78 bits per heavy atom. The Morgan fingerprint density at radius 3 is 2.39 bits per heavy atom. The van der Waals surface area contributed by atoms with Gasteiger partial charge in [-0.3, -0.25) is 10.1 Å². The second-order valence-corrected chi connectivity index (χ2v) is 7.75. The number of benzene rings is 1. The van der Waals surface area contributed by atoms with Crippen molar-refractivity contribution in [1.82, 2.24) is 5.32 Å². The number of aliphatic hydroxyl groups is 1. The number of ether oxygens (including phenoxy) is 4. The van der Waals surface area contributed by atoms with Gasteiger partial charge in [-0.2, -0.15) is 0 Å². The number of aliphatic hydroxyl groups excluding tert-OH is 1. The third-order valence-corrected chi connectivity index (χ3v) is 5.16. The van der Waals surface area contributed by atoms with Crippen molar-refractivity contribution in [2.75, 3.05) is 46.2 Å². The topological polar surface area (TPSA) is 146 Å². The molecule has 2 N–H and O–H groups in total. The molecule has 1 unspecified atom stereocenters. The number of dihydropyridines is 1. The molecule has 1 aromatic rings. The Hall–Kier alpha value is -3.54. The van der Waals surface area contributed by atoms with Gasteiger partial charge in [-0.05, 0) is 18.9 Å². The highest BCUT2D eigenvalue weighted by atomic mass is 16.6. The van der Waals surface area contributed by atoms with Crippen LogP contribution in [0.1, 0.15) is 31.7 Å². The van der Waals surface area contributed by atoms with Crippen LogP contribution in [-0.4, -0.2) is 68.2 Å². The number of carbonyl (C=O) groups excluding carboxylic acids is 2. The third kappa shape index (κ3) is 7.74. The first-order chi connectivity index (χ1) is 17.3. The second kappa shape index (κ2) is 14.8. The monoisotopic (exact) mass is 504 g/mol. The molecule has 196 valence electrons. The molecular formula is C25H32N2O9. The Bertz CT molecular complexity index is 1020. The number of non-ortho nitro benzene ring substituents is 1. The Balaban J connectivity index is 2.44. The highest BCUT2D eigenvalue weighted by Crippen LogP contribution is 2.40. The van der Waals surface area contributed by atoms with Crippen molar-refractivity contribution >= 4 is 17.6 Å². The number of nitrogens with one attached hydrogen (secondary N) is 1. The van der Waals surface area contributed by atoms with Crippen molar-refractivity contribution in [2.24, 2.45) is 0 Å². The first kappa shape index (κ1) is 28.7. The van der Waals surface area contributed by atoms with Crippen LogP contribution < -0.4 is 5.32 Å². The lowest BCUT2D eigenvalue weighted by molar-refractivity contribution is -0.384. The molecule has 1 heterocycles. The van der Waals surface area contributed by atoms with Crippen molar-refractivity contribution in [1.29, 1.82) is 0 Å². The largest absolute Gasteiger partial charge is 0.460 e. The quantitative estimate of drug-likeness (QED) is 0.120. The molecular weight excluding hydrogens is 472 g/mol. The van der Waals surface area contributed by atoms with Crippen LogP contribution in [-0.2, 0) is 28.5 Å². The Morgan fingerprint density at radius 1 is 1.11 bits per heavy atom. The van der Waals surface area contributed by atoms with Gasteiger partial charge in [-0.15, -0.1) is 6.58 Å². The number of nitro groups is 1. The zero-order valence-electron chi connectivity index (χ0n) is 20.5. The van der Waals surface area contributed by atoms with Crippen LogP contribution in [0.4, 0.5) is 5.69 Å². The van der Waals surface area contributed by atoms with Gasteiger partial charge in [0.25, 0.3) is 5.69 Å². The number of allylic oxidation sites excluding steroid dienone is 1. The summed E-state index contributed by atoms with van der Waals surface area (Å²) in [5.41, 5.74) is 0.532. The highest BCUT2D eigenvalue weighted by Gasteiger charge is 2.39. The molecule has 36 heavy (non-hydrogen) atoms. The molecule has 2 rings (SSSR count). The molecule has 11 nitrogen and oxygen atoms in total. The minimum atomic E-state index is -1.08. The van der Waals surface area contributed by atoms with Crippen LogP contribution in [0, 0.1) is 10.1 Å². The fourth-order valence-corrected chi connectivity index (χ4v) is 3.64. The average molecular weight is 505 g/mol. The van der Waals surface area contributed by atoms with E-state index in [-0.39, 0.29) is 55.6 Å². The first-order valence-corrected chi connectivity index (χ1v) is 11.5. The van der Waals surface area contributed by atoms with E-state index in [2.05, 4.69) is 11.9 Å². The molecule has 0 aliphatic carbocycles. The van der Waals surface area contributed by atoms with E-state index in [9.17, 15) is 24.8 Å². The summed E-state index contributed by atoms with van der Waals surface area (Å²) >= 11 is 0. The van der Waals surface area contributed by atoms with Crippen LogP contribution in [0.2, 0.25) is 0 Å². The normalized spacial score (nSPS) is 15.4. The Labute approximate surface area is 209 Å². The third-order valence-electron chi connectivity index (χ3n) is 5.16. The number of nitrogens with zero attached hydrogens (tertiary/aromatic N) is 1. The van der Waals surface area contributed by atoms with Crippen LogP contribution in [0.3, 0.4) is 0 Å². The summed E-state index contributed by atoms with van der Waals surface area (Å²) in [7, 11) is 0. The molecule has 0 spiro atoms. The predicted molar refractivity (Wildman–Crippen MR) is 130 cm³/mol. The van der Waals surface area contributed by atoms with Gasteiger partial charge in [0.2, 0.25) is 0 Å². The van der Waals surface area contributed by atoms with Crippen molar-refractivity contribution < 1.29 is 38.6 Å². The van der Waals surface area contributed by atoms with E-state index in [0.717, 1.165) is 6.42 Å². The minimum Gasteiger partial charge on any atom is -0.460 e.